The van der Waals surface area contributed by atoms with Gasteiger partial charge in [0, 0.05) is 31.4 Å². The van der Waals surface area contributed by atoms with E-state index >= 15 is 0 Å². The number of nitrogens with one attached hydrogen (secondary N) is 1. The summed E-state index contributed by atoms with van der Waals surface area (Å²) in [5.74, 6) is 0.592. The van der Waals surface area contributed by atoms with Crippen LogP contribution in [0.5, 0.6) is 5.75 Å². The quantitative estimate of drug-likeness (QED) is 0.814. The minimum atomic E-state index is -3.89. The van der Waals surface area contributed by atoms with Crippen molar-refractivity contribution >= 4 is 10.0 Å². The summed E-state index contributed by atoms with van der Waals surface area (Å²) in [6.45, 7) is 0.527. The number of sulfonamides is 1. The first-order valence-electron chi connectivity index (χ1n) is 8.09. The van der Waals surface area contributed by atoms with Gasteiger partial charge >= 0.3 is 0 Å². The Balaban J connectivity index is 1.95. The monoisotopic (exact) mass is 386 g/mol. The van der Waals surface area contributed by atoms with Gasteiger partial charge in [0.2, 0.25) is 10.0 Å². The van der Waals surface area contributed by atoms with Gasteiger partial charge in [0.1, 0.15) is 17.2 Å². The summed E-state index contributed by atoms with van der Waals surface area (Å²) in [4.78, 5) is -0.0973. The number of benzene rings is 1. The Hall–Kier alpha value is -2.04. The van der Waals surface area contributed by atoms with Crippen molar-refractivity contribution in [1.82, 2.24) is 19.4 Å². The highest BCUT2D eigenvalue weighted by atomic mass is 32.2. The number of rotatable bonds is 6. The van der Waals surface area contributed by atoms with Gasteiger partial charge in [-0.25, -0.2) is 17.2 Å². The highest BCUT2D eigenvalue weighted by Gasteiger charge is 2.36. The maximum absolute atomic E-state index is 13.1. The van der Waals surface area contributed by atoms with Crippen molar-refractivity contribution in [3.63, 3.8) is 0 Å². The van der Waals surface area contributed by atoms with Gasteiger partial charge in [-0.1, -0.05) is 18.2 Å². The molecule has 0 saturated carbocycles. The lowest BCUT2D eigenvalue weighted by atomic mass is 10.0. The van der Waals surface area contributed by atoms with E-state index in [9.17, 15) is 17.2 Å². The third kappa shape index (κ3) is 3.71. The van der Waals surface area contributed by atoms with Crippen LogP contribution in [0.1, 0.15) is 11.6 Å². The van der Waals surface area contributed by atoms with Crippen molar-refractivity contribution in [1.29, 1.82) is 0 Å². The van der Waals surface area contributed by atoms with E-state index in [4.69, 9.17) is 4.74 Å². The molecule has 3 rings (SSSR count). The second-order valence-electron chi connectivity index (χ2n) is 5.87. The molecule has 1 fully saturated rings. The van der Waals surface area contributed by atoms with Crippen LogP contribution in [0.15, 0.2) is 41.6 Å². The summed E-state index contributed by atoms with van der Waals surface area (Å²) in [5.41, 5.74) is 0.741. The number of aromatic nitrogens is 2. The lowest BCUT2D eigenvalue weighted by Crippen LogP contribution is -2.48. The van der Waals surface area contributed by atoms with Crippen LogP contribution in [0.25, 0.3) is 0 Å². The van der Waals surface area contributed by atoms with Crippen LogP contribution in [0.4, 0.5) is 8.78 Å². The van der Waals surface area contributed by atoms with Gasteiger partial charge in [-0.2, -0.15) is 9.40 Å². The molecule has 26 heavy (non-hydrogen) atoms. The van der Waals surface area contributed by atoms with Crippen LogP contribution >= 0.6 is 0 Å². The van der Waals surface area contributed by atoms with Crippen LogP contribution in [-0.4, -0.2) is 55.7 Å². The molecule has 0 radical (unpaired) electrons. The summed E-state index contributed by atoms with van der Waals surface area (Å²) in [6, 6.07) is 6.75. The lowest BCUT2D eigenvalue weighted by Gasteiger charge is -2.35. The zero-order chi connectivity index (χ0) is 18.7. The summed E-state index contributed by atoms with van der Waals surface area (Å²) < 4.78 is 58.9. The Morgan fingerprint density at radius 1 is 1.38 bits per heavy atom. The Kier molecular flexibility index (Phi) is 5.54. The molecule has 0 bridgehead atoms. The lowest BCUT2D eigenvalue weighted by molar-refractivity contribution is 0.121. The van der Waals surface area contributed by atoms with Gasteiger partial charge in [-0.05, 0) is 6.07 Å². The largest absolute Gasteiger partial charge is 0.496 e. The van der Waals surface area contributed by atoms with E-state index in [-0.39, 0.29) is 11.4 Å². The van der Waals surface area contributed by atoms with E-state index < -0.39 is 29.0 Å². The van der Waals surface area contributed by atoms with E-state index in [1.54, 1.807) is 6.07 Å². The third-order valence-electron chi connectivity index (χ3n) is 4.23. The average Bonchev–Trinajstić information content (AvgIpc) is 3.10. The topological polar surface area (TPSA) is 76.5 Å². The first-order chi connectivity index (χ1) is 12.4. The minimum Gasteiger partial charge on any atom is -0.496 e. The maximum atomic E-state index is 13.1. The molecule has 0 spiro atoms. The molecular formula is C16H20F2N4O3S. The number of halogens is 2. The SMILES string of the molecule is COc1ccccc1C1CNCCN1S(=O)(=O)c1cnn(CC(F)F)c1. The van der Waals surface area contributed by atoms with Crippen molar-refractivity contribution in [2.24, 2.45) is 0 Å². The Morgan fingerprint density at radius 3 is 2.88 bits per heavy atom. The summed E-state index contributed by atoms with van der Waals surface area (Å²) in [5, 5.41) is 6.93. The predicted octanol–water partition coefficient (Wildman–Crippen LogP) is 1.49. The summed E-state index contributed by atoms with van der Waals surface area (Å²) >= 11 is 0. The molecule has 1 saturated heterocycles. The molecule has 1 aliphatic rings. The fraction of sp³-hybridized carbons (Fsp3) is 0.438. The number of methoxy groups -OCH3 is 1. The summed E-state index contributed by atoms with van der Waals surface area (Å²) in [6.07, 6.45) is -0.354. The van der Waals surface area contributed by atoms with Gasteiger partial charge in [-0.15, -0.1) is 0 Å². The number of piperazine rings is 1. The number of ether oxygens (including phenoxy) is 1. The van der Waals surface area contributed by atoms with Crippen LogP contribution in [0.2, 0.25) is 0 Å². The summed E-state index contributed by atoms with van der Waals surface area (Å²) in [7, 11) is -2.36. The maximum Gasteiger partial charge on any atom is 0.257 e. The zero-order valence-corrected chi connectivity index (χ0v) is 15.0. The molecule has 0 amide bonds. The van der Waals surface area contributed by atoms with Gasteiger partial charge in [0.15, 0.2) is 0 Å². The van der Waals surface area contributed by atoms with Gasteiger partial charge in [0.25, 0.3) is 6.43 Å². The molecule has 142 valence electrons. The van der Waals surface area contributed by atoms with E-state index in [2.05, 4.69) is 10.4 Å². The first kappa shape index (κ1) is 18.7. The number of hydrogen-bond donors (Lipinski definition) is 1. The number of nitrogens with zero attached hydrogens (tertiary/aromatic N) is 3. The molecule has 1 unspecified atom stereocenters. The molecule has 1 N–H and O–H groups in total. The van der Waals surface area contributed by atoms with Crippen LogP contribution in [0.3, 0.4) is 0 Å². The van der Waals surface area contributed by atoms with Crippen LogP contribution < -0.4 is 10.1 Å². The van der Waals surface area contributed by atoms with Crippen molar-refractivity contribution in [3.8, 4) is 5.75 Å². The molecule has 7 nitrogen and oxygen atoms in total. The van der Waals surface area contributed by atoms with E-state index in [1.807, 2.05) is 18.2 Å². The molecule has 0 aliphatic carbocycles. The van der Waals surface area contributed by atoms with Crippen molar-refractivity contribution in [2.75, 3.05) is 26.7 Å². The van der Waals surface area contributed by atoms with Gasteiger partial charge in [0.05, 0.1) is 19.3 Å². The Morgan fingerprint density at radius 2 is 2.15 bits per heavy atom. The molecule has 10 heteroatoms. The molecule has 1 aliphatic heterocycles. The minimum absolute atomic E-state index is 0.0973. The number of alkyl halides is 2. The molecule has 2 heterocycles. The third-order valence-corrected chi connectivity index (χ3v) is 6.09. The van der Waals surface area contributed by atoms with Crippen molar-refractivity contribution < 1.29 is 21.9 Å². The highest BCUT2D eigenvalue weighted by Crippen LogP contribution is 2.33. The standard InChI is InChI=1S/C16H20F2N4O3S/c1-25-15-5-3-2-4-13(15)14-9-19-6-7-22(14)26(23,24)12-8-20-21(10-12)11-16(17)18/h2-5,8,10,14,16,19H,6-7,9,11H2,1H3. The number of para-hydroxylation sites is 1. The second-order valence-corrected chi connectivity index (χ2v) is 7.76. The van der Waals surface area contributed by atoms with Crippen LogP contribution in [-0.2, 0) is 16.6 Å². The van der Waals surface area contributed by atoms with Crippen molar-refractivity contribution in [2.45, 2.75) is 23.9 Å². The average molecular weight is 386 g/mol. The first-order valence-corrected chi connectivity index (χ1v) is 9.53. The van der Waals surface area contributed by atoms with E-state index in [0.717, 1.165) is 22.6 Å². The smallest absolute Gasteiger partial charge is 0.257 e. The molecular weight excluding hydrogens is 366 g/mol. The highest BCUT2D eigenvalue weighted by molar-refractivity contribution is 7.89. The molecule has 1 aromatic carbocycles. The Bertz CT molecular complexity index is 857. The second kappa shape index (κ2) is 7.68. The van der Waals surface area contributed by atoms with Crippen molar-refractivity contribution in [3.05, 3.63) is 42.2 Å². The molecule has 2 aromatic rings. The normalized spacial score (nSPS) is 19.0. The molecule has 1 atom stereocenters. The van der Waals surface area contributed by atoms with Gasteiger partial charge < -0.3 is 10.1 Å². The Labute approximate surface area is 150 Å². The zero-order valence-electron chi connectivity index (χ0n) is 14.2. The van der Waals surface area contributed by atoms with Gasteiger partial charge in [-0.3, -0.25) is 4.68 Å². The van der Waals surface area contributed by atoms with E-state index in [1.165, 1.54) is 11.4 Å². The fourth-order valence-electron chi connectivity index (χ4n) is 3.03. The fourth-order valence-corrected chi connectivity index (χ4v) is 4.60. The molecule has 1 aromatic heterocycles. The van der Waals surface area contributed by atoms with E-state index in [0.29, 0.717) is 18.8 Å². The van der Waals surface area contributed by atoms with Crippen LogP contribution in [0, 0.1) is 0 Å². The number of hydrogen-bond acceptors (Lipinski definition) is 5. The predicted molar refractivity (Wildman–Crippen MR) is 90.7 cm³/mol.